The van der Waals surface area contributed by atoms with Crippen LogP contribution in [0.15, 0.2) is 195 Å². The molecular weight excluding hydrogens is 702 g/mol. The minimum Gasteiger partial charge on any atom is -0.456 e. The Kier molecular flexibility index (Phi) is 7.29. The summed E-state index contributed by atoms with van der Waals surface area (Å²) in [6.07, 6.45) is 0. The van der Waals surface area contributed by atoms with Gasteiger partial charge in [0.05, 0.1) is 0 Å². The third kappa shape index (κ3) is 5.28. The van der Waals surface area contributed by atoms with Crippen molar-refractivity contribution in [3.63, 3.8) is 0 Å². The first-order valence-corrected chi connectivity index (χ1v) is 18.1. The van der Waals surface area contributed by atoms with Crippen LogP contribution >= 0.6 is 15.9 Å². The van der Waals surface area contributed by atoms with E-state index in [0.29, 0.717) is 0 Å². The summed E-state index contributed by atoms with van der Waals surface area (Å²) in [6.45, 7) is 0. The molecule has 0 amide bonds. The molecule has 8 aromatic carbocycles. The highest BCUT2D eigenvalue weighted by atomic mass is 79.9. The number of hydrogen-bond donors (Lipinski definition) is 0. The van der Waals surface area contributed by atoms with Gasteiger partial charge < -0.3 is 13.7 Å². The summed E-state index contributed by atoms with van der Waals surface area (Å²) in [7, 11) is 0. The van der Waals surface area contributed by atoms with Crippen LogP contribution in [0.25, 0.3) is 77.3 Å². The summed E-state index contributed by atoms with van der Waals surface area (Å²) in [5.74, 6) is 0. The van der Waals surface area contributed by atoms with Crippen LogP contribution in [0.4, 0.5) is 17.1 Å². The number of hydrogen-bond acceptors (Lipinski definition) is 3. The average Bonchev–Trinajstić information content (AvgIpc) is 3.77. The van der Waals surface area contributed by atoms with Crippen molar-refractivity contribution in [2.75, 3.05) is 4.90 Å². The molecule has 10 rings (SSSR count). The molecule has 0 aliphatic rings. The van der Waals surface area contributed by atoms with E-state index in [0.717, 1.165) is 87.7 Å². The smallest absolute Gasteiger partial charge is 0.143 e. The van der Waals surface area contributed by atoms with Gasteiger partial charge in [0, 0.05) is 48.6 Å². The molecule has 246 valence electrons. The molecule has 3 nitrogen and oxygen atoms in total. The van der Waals surface area contributed by atoms with Crippen molar-refractivity contribution < 1.29 is 8.83 Å². The quantitative estimate of drug-likeness (QED) is 0.170. The molecule has 10 aromatic rings. The lowest BCUT2D eigenvalue weighted by atomic mass is 10.0. The maximum atomic E-state index is 6.38. The molecule has 4 heteroatoms. The molecule has 0 N–H and O–H groups in total. The number of nitrogens with zero attached hydrogens (tertiary/aromatic N) is 1. The Morgan fingerprint density at radius 2 is 0.808 bits per heavy atom. The normalized spacial score (nSPS) is 11.6. The van der Waals surface area contributed by atoms with E-state index in [4.69, 9.17) is 8.83 Å². The summed E-state index contributed by atoms with van der Waals surface area (Å²) < 4.78 is 13.5. The largest absolute Gasteiger partial charge is 0.456 e. The molecular formula is C48H30BrNO2. The van der Waals surface area contributed by atoms with Crippen molar-refractivity contribution >= 4 is 76.9 Å². The summed E-state index contributed by atoms with van der Waals surface area (Å²) in [5.41, 5.74) is 13.7. The van der Waals surface area contributed by atoms with Crippen LogP contribution in [-0.4, -0.2) is 0 Å². The molecule has 0 spiro atoms. The number of anilines is 3. The first-order chi connectivity index (χ1) is 25.7. The van der Waals surface area contributed by atoms with Gasteiger partial charge in [0.15, 0.2) is 0 Å². The Balaban J connectivity index is 1.04. The number of rotatable bonds is 6. The van der Waals surface area contributed by atoms with E-state index in [9.17, 15) is 0 Å². The SMILES string of the molecule is Brc1ccc(-c2ccc(N(c3ccc(-c4ccc5oc6ccccc6c5c4)cc3)c3ccc(-c4cccc5c4oc4ccccc45)cc3)cc2)cc1. The third-order valence-corrected chi connectivity index (χ3v) is 10.5. The van der Waals surface area contributed by atoms with Crippen LogP contribution in [0.5, 0.6) is 0 Å². The lowest BCUT2D eigenvalue weighted by molar-refractivity contribution is 0.669. The maximum Gasteiger partial charge on any atom is 0.143 e. The molecule has 0 aliphatic carbocycles. The highest BCUT2D eigenvalue weighted by molar-refractivity contribution is 9.10. The lowest BCUT2D eigenvalue weighted by Gasteiger charge is -2.26. The predicted octanol–water partition coefficient (Wildman–Crippen LogP) is 14.7. The molecule has 0 unspecified atom stereocenters. The van der Waals surface area contributed by atoms with E-state index in [2.05, 4.69) is 179 Å². The Bertz CT molecular complexity index is 2880. The molecule has 0 fully saturated rings. The van der Waals surface area contributed by atoms with Crippen LogP contribution < -0.4 is 4.90 Å². The summed E-state index contributed by atoms with van der Waals surface area (Å²) in [5, 5.41) is 4.52. The van der Waals surface area contributed by atoms with Gasteiger partial charge in [0.1, 0.15) is 22.3 Å². The summed E-state index contributed by atoms with van der Waals surface area (Å²) in [4.78, 5) is 2.31. The standard InChI is InChI=1S/C48H30BrNO2/c49-36-21-12-31(13-22-36)32-14-23-37(24-15-32)50(38-25-16-33(17-26-38)35-20-29-47-44(30-35)42-7-2-3-10-45(42)51-47)39-27-18-34(19-28-39)40-8-5-9-43-41-6-1-4-11-46(41)52-48(40)43/h1-30H. The minimum atomic E-state index is 0.902. The topological polar surface area (TPSA) is 29.5 Å². The summed E-state index contributed by atoms with van der Waals surface area (Å²) >= 11 is 3.56. The second-order valence-corrected chi connectivity index (χ2v) is 14.0. The molecule has 52 heavy (non-hydrogen) atoms. The second kappa shape index (κ2) is 12.4. The summed E-state index contributed by atoms with van der Waals surface area (Å²) in [6, 6.07) is 64.1. The fourth-order valence-electron chi connectivity index (χ4n) is 7.37. The number of furan rings is 2. The van der Waals surface area contributed by atoms with Crippen molar-refractivity contribution in [3.8, 4) is 33.4 Å². The maximum absolute atomic E-state index is 6.38. The van der Waals surface area contributed by atoms with Crippen LogP contribution in [0.3, 0.4) is 0 Å². The van der Waals surface area contributed by atoms with Gasteiger partial charge in [-0.15, -0.1) is 0 Å². The number of fused-ring (bicyclic) bond motifs is 6. The molecule has 0 radical (unpaired) electrons. The molecule has 0 saturated carbocycles. The van der Waals surface area contributed by atoms with Gasteiger partial charge in [0.25, 0.3) is 0 Å². The third-order valence-electron chi connectivity index (χ3n) is 9.98. The monoisotopic (exact) mass is 731 g/mol. The van der Waals surface area contributed by atoms with E-state index in [1.54, 1.807) is 0 Å². The molecule has 0 atom stereocenters. The predicted molar refractivity (Wildman–Crippen MR) is 220 cm³/mol. The Morgan fingerprint density at radius 1 is 0.346 bits per heavy atom. The highest BCUT2D eigenvalue weighted by Crippen LogP contribution is 2.40. The van der Waals surface area contributed by atoms with Gasteiger partial charge in [-0.1, -0.05) is 125 Å². The first kappa shape index (κ1) is 30.5. The second-order valence-electron chi connectivity index (χ2n) is 13.1. The van der Waals surface area contributed by atoms with Gasteiger partial charge >= 0.3 is 0 Å². The Labute approximate surface area is 309 Å². The molecule has 0 saturated heterocycles. The van der Waals surface area contributed by atoms with Gasteiger partial charge in [-0.25, -0.2) is 0 Å². The van der Waals surface area contributed by atoms with Crippen LogP contribution in [0.1, 0.15) is 0 Å². The van der Waals surface area contributed by atoms with Crippen molar-refractivity contribution in [1.29, 1.82) is 0 Å². The molecule has 2 heterocycles. The van der Waals surface area contributed by atoms with Crippen molar-refractivity contribution in [2.24, 2.45) is 0 Å². The van der Waals surface area contributed by atoms with Gasteiger partial charge in [-0.2, -0.15) is 0 Å². The highest BCUT2D eigenvalue weighted by Gasteiger charge is 2.16. The minimum absolute atomic E-state index is 0.902. The van der Waals surface area contributed by atoms with Gasteiger partial charge in [0.2, 0.25) is 0 Å². The van der Waals surface area contributed by atoms with E-state index >= 15 is 0 Å². The van der Waals surface area contributed by atoms with E-state index < -0.39 is 0 Å². The number of para-hydroxylation sites is 3. The molecule has 0 aliphatic heterocycles. The lowest BCUT2D eigenvalue weighted by Crippen LogP contribution is -2.09. The Morgan fingerprint density at radius 3 is 1.44 bits per heavy atom. The van der Waals surface area contributed by atoms with Gasteiger partial charge in [-0.05, 0) is 101 Å². The van der Waals surface area contributed by atoms with Gasteiger partial charge in [-0.3, -0.25) is 0 Å². The fraction of sp³-hybridized carbons (Fsp3) is 0. The zero-order chi connectivity index (χ0) is 34.6. The van der Waals surface area contributed by atoms with Crippen LogP contribution in [0.2, 0.25) is 0 Å². The zero-order valence-electron chi connectivity index (χ0n) is 28.0. The van der Waals surface area contributed by atoms with Crippen LogP contribution in [0, 0.1) is 0 Å². The number of benzene rings is 8. The fourth-order valence-corrected chi connectivity index (χ4v) is 7.63. The zero-order valence-corrected chi connectivity index (χ0v) is 29.5. The average molecular weight is 733 g/mol. The van der Waals surface area contributed by atoms with Crippen molar-refractivity contribution in [2.45, 2.75) is 0 Å². The first-order valence-electron chi connectivity index (χ1n) is 17.3. The molecule has 2 aromatic heterocycles. The van der Waals surface area contributed by atoms with E-state index in [1.807, 2.05) is 24.3 Å². The Hall–Kier alpha value is -6.36. The van der Waals surface area contributed by atoms with Crippen molar-refractivity contribution in [1.82, 2.24) is 0 Å². The van der Waals surface area contributed by atoms with Crippen molar-refractivity contribution in [3.05, 3.63) is 186 Å². The molecule has 0 bridgehead atoms. The van der Waals surface area contributed by atoms with E-state index in [1.165, 1.54) is 11.1 Å². The number of halogens is 1. The van der Waals surface area contributed by atoms with Crippen LogP contribution in [-0.2, 0) is 0 Å². The van der Waals surface area contributed by atoms with E-state index in [-0.39, 0.29) is 0 Å².